The number of anilines is 1. The van der Waals surface area contributed by atoms with Gasteiger partial charge in [-0.25, -0.2) is 10.2 Å². The summed E-state index contributed by atoms with van der Waals surface area (Å²) in [6.07, 6.45) is 1.52. The van der Waals surface area contributed by atoms with Crippen molar-refractivity contribution < 1.29 is 14.5 Å². The number of carbonyl (C=O) groups is 1. The van der Waals surface area contributed by atoms with Crippen LogP contribution < -0.4 is 15.5 Å². The van der Waals surface area contributed by atoms with Crippen molar-refractivity contribution in [3.8, 4) is 5.75 Å². The molecule has 0 aliphatic rings. The first-order chi connectivity index (χ1) is 14.9. The minimum absolute atomic E-state index is 0.0432. The lowest BCUT2D eigenvalue weighted by Crippen LogP contribution is -2.24. The van der Waals surface area contributed by atoms with E-state index in [0.717, 1.165) is 21.2 Å². The van der Waals surface area contributed by atoms with Crippen LogP contribution in [0.1, 0.15) is 16.7 Å². The van der Waals surface area contributed by atoms with Crippen LogP contribution in [0.15, 0.2) is 76.3 Å². The van der Waals surface area contributed by atoms with Crippen LogP contribution in [0.5, 0.6) is 5.75 Å². The monoisotopic (exact) mass is 482 g/mol. The Morgan fingerprint density at radius 3 is 2.48 bits per heavy atom. The fourth-order valence-corrected chi connectivity index (χ4v) is 2.82. The number of nitro groups is 1. The number of aryl methyl sites for hydroxylation is 1. The molecule has 0 atom stereocenters. The third-order valence-corrected chi connectivity index (χ3v) is 5.12. The van der Waals surface area contributed by atoms with Gasteiger partial charge in [0, 0.05) is 22.3 Å². The molecule has 0 fully saturated rings. The molecular formula is C22H19BrN4O4. The molecule has 9 heteroatoms. The summed E-state index contributed by atoms with van der Waals surface area (Å²) in [5.74, 6) is 0.645. The number of hydrazone groups is 1. The maximum absolute atomic E-state index is 11.9. The molecule has 0 aliphatic carbocycles. The molecule has 8 nitrogen and oxygen atoms in total. The minimum Gasteiger partial charge on any atom is -0.489 e. The highest BCUT2D eigenvalue weighted by molar-refractivity contribution is 9.10. The lowest BCUT2D eigenvalue weighted by Gasteiger charge is -2.07. The van der Waals surface area contributed by atoms with Crippen molar-refractivity contribution in [1.29, 1.82) is 0 Å². The summed E-state index contributed by atoms with van der Waals surface area (Å²) < 4.78 is 6.65. The highest BCUT2D eigenvalue weighted by atomic mass is 79.9. The third kappa shape index (κ3) is 6.65. The number of carbonyl (C=O) groups excluding carboxylic acids is 1. The number of benzene rings is 3. The van der Waals surface area contributed by atoms with Crippen molar-refractivity contribution in [2.45, 2.75) is 13.5 Å². The van der Waals surface area contributed by atoms with Crippen molar-refractivity contribution in [2.75, 3.05) is 5.32 Å². The first kappa shape index (κ1) is 22.0. The van der Waals surface area contributed by atoms with Crippen molar-refractivity contribution in [3.05, 3.63) is 98.0 Å². The highest BCUT2D eigenvalue weighted by Gasteiger charge is 2.05. The fraction of sp³-hybridized carbons (Fsp3) is 0.0909. The van der Waals surface area contributed by atoms with Gasteiger partial charge in [-0.2, -0.15) is 5.10 Å². The molecule has 0 saturated carbocycles. The first-order valence-electron chi connectivity index (χ1n) is 9.23. The molecule has 3 aromatic carbocycles. The molecule has 31 heavy (non-hydrogen) atoms. The van der Waals surface area contributed by atoms with Crippen molar-refractivity contribution in [1.82, 2.24) is 5.43 Å². The van der Waals surface area contributed by atoms with Crippen LogP contribution in [0.3, 0.4) is 0 Å². The van der Waals surface area contributed by atoms with E-state index in [-0.39, 0.29) is 5.69 Å². The summed E-state index contributed by atoms with van der Waals surface area (Å²) in [7, 11) is 0. The van der Waals surface area contributed by atoms with E-state index in [2.05, 4.69) is 31.8 Å². The standard InChI is InChI=1S/C22H19BrN4O4/c1-15-12-18(6-11-21(15)23)25-22(28)26-24-13-16-4-9-20(10-5-16)31-14-17-2-7-19(8-3-17)27(29)30/h2-13H,14H2,1H3,(H2,25,26,28)/b24-13+. The van der Waals surface area contributed by atoms with Gasteiger partial charge in [-0.05, 0) is 78.2 Å². The second-order valence-corrected chi connectivity index (χ2v) is 7.42. The summed E-state index contributed by atoms with van der Waals surface area (Å²) in [6, 6.07) is 18.4. The molecule has 0 saturated heterocycles. The number of nitrogens with zero attached hydrogens (tertiary/aromatic N) is 2. The molecule has 0 aliphatic heterocycles. The molecule has 2 amide bonds. The number of nitrogens with one attached hydrogen (secondary N) is 2. The molecule has 0 bridgehead atoms. The fourth-order valence-electron chi connectivity index (χ4n) is 2.58. The molecule has 2 N–H and O–H groups in total. The lowest BCUT2D eigenvalue weighted by atomic mass is 10.2. The third-order valence-electron chi connectivity index (χ3n) is 4.23. The number of hydrogen-bond acceptors (Lipinski definition) is 5. The van der Waals surface area contributed by atoms with E-state index in [9.17, 15) is 14.9 Å². The number of rotatable bonds is 7. The number of non-ortho nitro benzene ring substituents is 1. The van der Waals surface area contributed by atoms with Crippen LogP contribution in [0, 0.1) is 17.0 Å². The summed E-state index contributed by atoms with van der Waals surface area (Å²) >= 11 is 3.41. The molecule has 0 aromatic heterocycles. The lowest BCUT2D eigenvalue weighted by molar-refractivity contribution is -0.384. The minimum atomic E-state index is -0.443. The van der Waals surface area contributed by atoms with Crippen molar-refractivity contribution in [3.63, 3.8) is 0 Å². The number of amides is 2. The van der Waals surface area contributed by atoms with E-state index >= 15 is 0 Å². The Kier molecular flexibility index (Phi) is 7.34. The van der Waals surface area contributed by atoms with Gasteiger partial charge >= 0.3 is 6.03 Å². The predicted molar refractivity (Wildman–Crippen MR) is 122 cm³/mol. The van der Waals surface area contributed by atoms with Gasteiger partial charge in [-0.1, -0.05) is 15.9 Å². The maximum Gasteiger partial charge on any atom is 0.339 e. The van der Waals surface area contributed by atoms with E-state index in [4.69, 9.17) is 4.74 Å². The summed E-state index contributed by atoms with van der Waals surface area (Å²) in [5, 5.41) is 17.3. The number of urea groups is 1. The number of hydrogen-bond donors (Lipinski definition) is 2. The zero-order valence-corrected chi connectivity index (χ0v) is 18.1. The van der Waals surface area contributed by atoms with Gasteiger partial charge in [0.1, 0.15) is 12.4 Å². The second-order valence-electron chi connectivity index (χ2n) is 6.57. The molecule has 3 aromatic rings. The number of ether oxygens (including phenoxy) is 1. The van der Waals surface area contributed by atoms with Crippen LogP contribution >= 0.6 is 15.9 Å². The topological polar surface area (TPSA) is 106 Å². The zero-order chi connectivity index (χ0) is 22.2. The van der Waals surface area contributed by atoms with Crippen LogP contribution in [0.25, 0.3) is 0 Å². The molecule has 0 unspecified atom stereocenters. The largest absolute Gasteiger partial charge is 0.489 e. The van der Waals surface area contributed by atoms with E-state index in [1.54, 1.807) is 42.5 Å². The number of nitro benzene ring substituents is 1. The summed E-state index contributed by atoms with van der Waals surface area (Å²) in [6.45, 7) is 2.23. The highest BCUT2D eigenvalue weighted by Crippen LogP contribution is 2.20. The maximum atomic E-state index is 11.9. The smallest absolute Gasteiger partial charge is 0.339 e. The Labute approximate surface area is 187 Å². The van der Waals surface area contributed by atoms with E-state index in [0.29, 0.717) is 18.0 Å². The van der Waals surface area contributed by atoms with Crippen LogP contribution in [0.4, 0.5) is 16.2 Å². The van der Waals surface area contributed by atoms with Crippen LogP contribution in [-0.2, 0) is 6.61 Å². The molecule has 0 heterocycles. The zero-order valence-electron chi connectivity index (χ0n) is 16.5. The normalized spacial score (nSPS) is 10.6. The molecule has 0 spiro atoms. The molecule has 0 radical (unpaired) electrons. The first-order valence-corrected chi connectivity index (χ1v) is 10.0. The molecular weight excluding hydrogens is 464 g/mol. The van der Waals surface area contributed by atoms with Crippen LogP contribution in [-0.4, -0.2) is 17.2 Å². The Morgan fingerprint density at radius 1 is 1.13 bits per heavy atom. The Hall–Kier alpha value is -3.72. The SMILES string of the molecule is Cc1cc(NC(=O)N/N=C/c2ccc(OCc3ccc([N+](=O)[O-])cc3)cc2)ccc1Br. The van der Waals surface area contributed by atoms with E-state index in [1.807, 2.05) is 19.1 Å². The molecule has 3 rings (SSSR count). The summed E-state index contributed by atoms with van der Waals surface area (Å²) in [4.78, 5) is 22.2. The van der Waals surface area contributed by atoms with Gasteiger partial charge < -0.3 is 10.1 Å². The van der Waals surface area contributed by atoms with Gasteiger partial charge in [0.15, 0.2) is 0 Å². The van der Waals surface area contributed by atoms with Crippen LogP contribution in [0.2, 0.25) is 0 Å². The Balaban J connectivity index is 1.47. The van der Waals surface area contributed by atoms with Gasteiger partial charge in [0.25, 0.3) is 5.69 Å². The average molecular weight is 483 g/mol. The Bertz CT molecular complexity index is 1100. The van der Waals surface area contributed by atoms with Gasteiger partial charge in [0.2, 0.25) is 0 Å². The Morgan fingerprint density at radius 2 is 1.84 bits per heavy atom. The van der Waals surface area contributed by atoms with Gasteiger partial charge in [-0.3, -0.25) is 10.1 Å². The predicted octanol–water partition coefficient (Wildman–Crippen LogP) is 5.40. The summed E-state index contributed by atoms with van der Waals surface area (Å²) in [5.41, 5.74) is 5.75. The van der Waals surface area contributed by atoms with Gasteiger partial charge in [0.05, 0.1) is 11.1 Å². The van der Waals surface area contributed by atoms with Crippen molar-refractivity contribution >= 4 is 39.6 Å². The van der Waals surface area contributed by atoms with E-state index < -0.39 is 11.0 Å². The van der Waals surface area contributed by atoms with Crippen molar-refractivity contribution in [2.24, 2.45) is 5.10 Å². The second kappa shape index (κ2) is 10.4. The number of halogens is 1. The van der Waals surface area contributed by atoms with Gasteiger partial charge in [-0.15, -0.1) is 0 Å². The van der Waals surface area contributed by atoms with E-state index in [1.165, 1.54) is 18.3 Å². The average Bonchev–Trinajstić information content (AvgIpc) is 2.76. The molecule has 158 valence electrons. The quantitative estimate of drug-likeness (QED) is 0.267.